The SMILES string of the molecule is CCOC(=O)C(CC)(C(=O)OCC)C(NC(=O)c1ccccc1)c1cccc2ccccc12. The number of fused-ring (bicyclic) bond motifs is 1. The van der Waals surface area contributed by atoms with Crippen molar-refractivity contribution < 1.29 is 23.9 Å². The van der Waals surface area contributed by atoms with Crippen LogP contribution in [0.1, 0.15) is 49.2 Å². The van der Waals surface area contributed by atoms with E-state index >= 15 is 0 Å². The maximum Gasteiger partial charge on any atom is 0.325 e. The first-order valence-electron chi connectivity index (χ1n) is 11.2. The fraction of sp³-hybridized carbons (Fsp3) is 0.296. The third-order valence-corrected chi connectivity index (χ3v) is 5.78. The van der Waals surface area contributed by atoms with Gasteiger partial charge in [0.1, 0.15) is 0 Å². The highest BCUT2D eigenvalue weighted by molar-refractivity contribution is 6.04. The summed E-state index contributed by atoms with van der Waals surface area (Å²) < 4.78 is 10.8. The third kappa shape index (κ3) is 4.75. The van der Waals surface area contributed by atoms with Crippen LogP contribution in [0.15, 0.2) is 72.8 Å². The van der Waals surface area contributed by atoms with Crippen molar-refractivity contribution in [2.75, 3.05) is 13.2 Å². The van der Waals surface area contributed by atoms with Gasteiger partial charge >= 0.3 is 11.9 Å². The van der Waals surface area contributed by atoms with Gasteiger partial charge in [-0.25, -0.2) is 0 Å². The molecule has 3 aromatic carbocycles. The highest BCUT2D eigenvalue weighted by Gasteiger charge is 2.55. The van der Waals surface area contributed by atoms with Gasteiger partial charge in [-0.1, -0.05) is 67.6 Å². The summed E-state index contributed by atoms with van der Waals surface area (Å²) in [5.74, 6) is -1.85. The molecule has 1 amide bonds. The van der Waals surface area contributed by atoms with E-state index in [2.05, 4.69) is 5.32 Å². The number of hydrogen-bond acceptors (Lipinski definition) is 5. The zero-order chi connectivity index (χ0) is 23.8. The number of amides is 1. The molecule has 6 nitrogen and oxygen atoms in total. The molecule has 0 spiro atoms. The minimum atomic E-state index is -1.76. The van der Waals surface area contributed by atoms with Gasteiger partial charge in [0, 0.05) is 5.56 Å². The summed E-state index contributed by atoms with van der Waals surface area (Å²) in [5, 5.41) is 4.72. The molecule has 0 fully saturated rings. The van der Waals surface area contributed by atoms with E-state index in [1.807, 2.05) is 48.5 Å². The minimum absolute atomic E-state index is 0.0770. The molecule has 172 valence electrons. The molecule has 0 aliphatic carbocycles. The summed E-state index contributed by atoms with van der Waals surface area (Å²) in [7, 11) is 0. The number of ether oxygens (including phenoxy) is 2. The largest absolute Gasteiger partial charge is 0.465 e. The molecule has 0 saturated heterocycles. The Labute approximate surface area is 193 Å². The van der Waals surface area contributed by atoms with E-state index in [1.165, 1.54) is 0 Å². The fourth-order valence-corrected chi connectivity index (χ4v) is 4.10. The molecule has 0 bridgehead atoms. The molecule has 1 N–H and O–H groups in total. The Morgan fingerprint density at radius 1 is 0.788 bits per heavy atom. The molecule has 3 aromatic rings. The average Bonchev–Trinajstić information content (AvgIpc) is 2.84. The maximum absolute atomic E-state index is 13.4. The Kier molecular flexibility index (Phi) is 7.83. The van der Waals surface area contributed by atoms with E-state index in [0.717, 1.165) is 10.8 Å². The van der Waals surface area contributed by atoms with Gasteiger partial charge in [0.15, 0.2) is 5.41 Å². The van der Waals surface area contributed by atoms with Gasteiger partial charge in [0.2, 0.25) is 0 Å². The van der Waals surface area contributed by atoms with E-state index in [-0.39, 0.29) is 19.6 Å². The van der Waals surface area contributed by atoms with Crippen molar-refractivity contribution in [2.24, 2.45) is 5.41 Å². The number of nitrogens with one attached hydrogen (secondary N) is 1. The first-order valence-corrected chi connectivity index (χ1v) is 11.2. The Bertz CT molecular complexity index is 1100. The second kappa shape index (κ2) is 10.8. The maximum atomic E-state index is 13.4. The standard InChI is InChI=1S/C27H29NO5/c1-4-27(25(30)32-5-2,26(31)33-6-3)23(28-24(29)20-14-8-7-9-15-20)22-18-12-16-19-13-10-11-17-21(19)22/h7-18,23H,4-6H2,1-3H3,(H,28,29). The summed E-state index contributed by atoms with van der Waals surface area (Å²) >= 11 is 0. The van der Waals surface area contributed by atoms with E-state index in [1.54, 1.807) is 45.0 Å². The lowest BCUT2D eigenvalue weighted by Crippen LogP contribution is -2.52. The van der Waals surface area contributed by atoms with Gasteiger partial charge in [0.05, 0.1) is 19.3 Å². The van der Waals surface area contributed by atoms with Crippen LogP contribution in [0.3, 0.4) is 0 Å². The average molecular weight is 448 g/mol. The summed E-state index contributed by atoms with van der Waals surface area (Å²) in [6.07, 6.45) is 0.0770. The lowest BCUT2D eigenvalue weighted by Gasteiger charge is -2.37. The second-order valence-electron chi connectivity index (χ2n) is 7.61. The van der Waals surface area contributed by atoms with Gasteiger partial charge in [0.25, 0.3) is 5.91 Å². The number of benzene rings is 3. The predicted molar refractivity (Wildman–Crippen MR) is 127 cm³/mol. The van der Waals surface area contributed by atoms with Crippen LogP contribution in [0.2, 0.25) is 0 Å². The minimum Gasteiger partial charge on any atom is -0.465 e. The predicted octanol–water partition coefficient (Wildman–Crippen LogP) is 4.83. The first kappa shape index (κ1) is 24.0. The molecule has 1 unspecified atom stereocenters. The van der Waals surface area contributed by atoms with E-state index < -0.39 is 29.3 Å². The molecule has 1 atom stereocenters. The van der Waals surface area contributed by atoms with E-state index in [4.69, 9.17) is 9.47 Å². The summed E-state index contributed by atoms with van der Waals surface area (Å²) in [6.45, 7) is 5.27. The topological polar surface area (TPSA) is 81.7 Å². The van der Waals surface area contributed by atoms with Gasteiger partial charge < -0.3 is 14.8 Å². The van der Waals surface area contributed by atoms with Gasteiger partial charge in [-0.2, -0.15) is 0 Å². The smallest absolute Gasteiger partial charge is 0.325 e. The van der Waals surface area contributed by atoms with Crippen LogP contribution in [0.25, 0.3) is 10.8 Å². The van der Waals surface area contributed by atoms with Crippen LogP contribution in [-0.4, -0.2) is 31.1 Å². The van der Waals surface area contributed by atoms with Crippen LogP contribution < -0.4 is 5.32 Å². The number of hydrogen-bond donors (Lipinski definition) is 1. The Morgan fingerprint density at radius 2 is 1.36 bits per heavy atom. The zero-order valence-corrected chi connectivity index (χ0v) is 19.2. The van der Waals surface area contributed by atoms with Gasteiger partial charge in [-0.15, -0.1) is 0 Å². The highest BCUT2D eigenvalue weighted by atomic mass is 16.6. The number of carbonyl (C=O) groups excluding carboxylic acids is 3. The van der Waals surface area contributed by atoms with Crippen molar-refractivity contribution in [1.29, 1.82) is 0 Å². The lowest BCUT2D eigenvalue weighted by atomic mass is 9.73. The van der Waals surface area contributed by atoms with Gasteiger partial charge in [-0.05, 0) is 48.7 Å². The molecule has 33 heavy (non-hydrogen) atoms. The molecule has 3 rings (SSSR count). The summed E-state index contributed by atoms with van der Waals surface area (Å²) in [5.41, 5.74) is -0.707. The lowest BCUT2D eigenvalue weighted by molar-refractivity contribution is -0.175. The second-order valence-corrected chi connectivity index (χ2v) is 7.61. The Balaban J connectivity index is 2.25. The van der Waals surface area contributed by atoms with Crippen molar-refractivity contribution in [3.05, 3.63) is 83.9 Å². The third-order valence-electron chi connectivity index (χ3n) is 5.78. The monoisotopic (exact) mass is 447 g/mol. The molecule has 0 aliphatic heterocycles. The van der Waals surface area contributed by atoms with Crippen molar-refractivity contribution in [2.45, 2.75) is 33.2 Å². The number of carbonyl (C=O) groups is 3. The van der Waals surface area contributed by atoms with Crippen LogP contribution >= 0.6 is 0 Å². The number of rotatable bonds is 9. The van der Waals surface area contributed by atoms with Crippen molar-refractivity contribution in [3.8, 4) is 0 Å². The molecule has 6 heteroatoms. The Hall–Kier alpha value is -3.67. The summed E-state index contributed by atoms with van der Waals surface area (Å²) in [6, 6.07) is 20.9. The molecule has 0 aromatic heterocycles. The first-order chi connectivity index (χ1) is 16.0. The molecular weight excluding hydrogens is 418 g/mol. The molecule has 0 saturated carbocycles. The van der Waals surface area contributed by atoms with E-state index in [9.17, 15) is 14.4 Å². The summed E-state index contributed by atoms with van der Waals surface area (Å²) in [4.78, 5) is 40.1. The quantitative estimate of drug-likeness (QED) is 0.375. The number of esters is 2. The molecule has 0 aliphatic rings. The van der Waals surface area contributed by atoms with Gasteiger partial charge in [-0.3, -0.25) is 14.4 Å². The molecule has 0 heterocycles. The zero-order valence-electron chi connectivity index (χ0n) is 19.2. The van der Waals surface area contributed by atoms with Crippen LogP contribution in [-0.2, 0) is 19.1 Å². The molecular formula is C27H29NO5. The van der Waals surface area contributed by atoms with Crippen molar-refractivity contribution in [1.82, 2.24) is 5.32 Å². The van der Waals surface area contributed by atoms with Crippen molar-refractivity contribution >= 4 is 28.6 Å². The highest BCUT2D eigenvalue weighted by Crippen LogP contribution is 2.42. The van der Waals surface area contributed by atoms with Crippen molar-refractivity contribution in [3.63, 3.8) is 0 Å². The van der Waals surface area contributed by atoms with Crippen LogP contribution in [0, 0.1) is 5.41 Å². The van der Waals surface area contributed by atoms with E-state index in [0.29, 0.717) is 11.1 Å². The van der Waals surface area contributed by atoms with Crippen LogP contribution in [0.5, 0.6) is 0 Å². The fourth-order valence-electron chi connectivity index (χ4n) is 4.10. The Morgan fingerprint density at radius 3 is 1.97 bits per heavy atom. The normalized spacial score (nSPS) is 12.1. The molecule has 0 radical (unpaired) electrons. The van der Waals surface area contributed by atoms with Crippen LogP contribution in [0.4, 0.5) is 0 Å².